The summed E-state index contributed by atoms with van der Waals surface area (Å²) in [7, 11) is 1.58. The van der Waals surface area contributed by atoms with Crippen LogP contribution >= 0.6 is 23.4 Å². The zero-order chi connectivity index (χ0) is 24.5. The minimum absolute atomic E-state index is 0.162. The van der Waals surface area contributed by atoms with E-state index in [1.54, 1.807) is 49.6 Å². The molecule has 8 nitrogen and oxygen atoms in total. The number of hydrogen-bond acceptors (Lipinski definition) is 6. The summed E-state index contributed by atoms with van der Waals surface area (Å²) in [5, 5.41) is 15.4. The minimum Gasteiger partial charge on any atom is -0.497 e. The molecule has 0 radical (unpaired) electrons. The van der Waals surface area contributed by atoms with E-state index in [1.165, 1.54) is 11.8 Å². The zero-order valence-corrected chi connectivity index (χ0v) is 20.6. The van der Waals surface area contributed by atoms with Gasteiger partial charge in [0, 0.05) is 35.8 Å². The number of carbonyl (C=O) groups excluding carboxylic acids is 2. The Hall–Kier alpha value is -3.30. The van der Waals surface area contributed by atoms with E-state index in [0.717, 1.165) is 5.56 Å². The van der Waals surface area contributed by atoms with Gasteiger partial charge in [-0.3, -0.25) is 9.59 Å². The number of aryl methyl sites for hydroxylation is 1. The average Bonchev–Trinajstić information content (AvgIpc) is 3.21. The van der Waals surface area contributed by atoms with Crippen molar-refractivity contribution in [3.05, 3.63) is 77.1 Å². The number of ether oxygens (including phenoxy) is 1. The number of nitrogens with zero attached hydrogens (tertiary/aromatic N) is 3. The van der Waals surface area contributed by atoms with Crippen LogP contribution in [-0.4, -0.2) is 46.0 Å². The van der Waals surface area contributed by atoms with E-state index in [-0.39, 0.29) is 17.6 Å². The molecular formula is C24H26ClN5O3S. The maximum Gasteiger partial charge on any atom is 0.251 e. The lowest BCUT2D eigenvalue weighted by atomic mass is 10.2. The Bertz CT molecular complexity index is 1160. The molecule has 0 aliphatic heterocycles. The molecule has 0 bridgehead atoms. The maximum absolute atomic E-state index is 12.4. The Labute approximate surface area is 207 Å². The lowest BCUT2D eigenvalue weighted by Gasteiger charge is -2.10. The van der Waals surface area contributed by atoms with Crippen molar-refractivity contribution in [1.29, 1.82) is 0 Å². The van der Waals surface area contributed by atoms with E-state index in [0.29, 0.717) is 52.5 Å². The van der Waals surface area contributed by atoms with Crippen LogP contribution in [-0.2, 0) is 17.8 Å². The van der Waals surface area contributed by atoms with Crippen molar-refractivity contribution >= 4 is 40.9 Å². The summed E-state index contributed by atoms with van der Waals surface area (Å²) in [6.45, 7) is 6.57. The molecule has 10 heteroatoms. The monoisotopic (exact) mass is 499 g/mol. The third kappa shape index (κ3) is 6.85. The van der Waals surface area contributed by atoms with Crippen LogP contribution in [0.25, 0.3) is 0 Å². The molecule has 0 saturated carbocycles. The third-order valence-corrected chi connectivity index (χ3v) is 6.10. The first-order valence-electron chi connectivity index (χ1n) is 10.5. The number of allylic oxidation sites excluding steroid dienone is 1. The standard InChI is InChI=1S/C24H26ClN5O3S/c1-4-13-30-21(11-12-26-23(32)17-6-9-19(33-3)10-7-17)28-29-24(30)34-15-22(31)27-20-14-18(25)8-5-16(20)2/h4-10,14H,1,11-13,15H2,2-3H3,(H,26,32)(H,27,31). The van der Waals surface area contributed by atoms with Gasteiger partial charge in [0.1, 0.15) is 11.6 Å². The third-order valence-electron chi connectivity index (χ3n) is 4.90. The highest BCUT2D eigenvalue weighted by Crippen LogP contribution is 2.22. The molecule has 0 unspecified atom stereocenters. The highest BCUT2D eigenvalue weighted by molar-refractivity contribution is 7.99. The van der Waals surface area contributed by atoms with Crippen molar-refractivity contribution in [3.8, 4) is 5.75 Å². The first kappa shape index (κ1) is 25.3. The minimum atomic E-state index is -0.181. The van der Waals surface area contributed by atoms with Gasteiger partial charge in [0.15, 0.2) is 5.16 Å². The second-order valence-corrected chi connectivity index (χ2v) is 8.71. The average molecular weight is 500 g/mol. The van der Waals surface area contributed by atoms with Gasteiger partial charge in [-0.2, -0.15) is 0 Å². The summed E-state index contributed by atoms with van der Waals surface area (Å²) in [6.07, 6.45) is 2.22. The van der Waals surface area contributed by atoms with E-state index in [1.807, 2.05) is 17.6 Å². The van der Waals surface area contributed by atoms with E-state index in [9.17, 15) is 9.59 Å². The van der Waals surface area contributed by atoms with Gasteiger partial charge in [-0.1, -0.05) is 35.5 Å². The highest BCUT2D eigenvalue weighted by atomic mass is 35.5. The fourth-order valence-corrected chi connectivity index (χ4v) is 4.04. The molecule has 0 fully saturated rings. The number of thioether (sulfide) groups is 1. The molecule has 2 N–H and O–H groups in total. The number of hydrogen-bond donors (Lipinski definition) is 2. The normalized spacial score (nSPS) is 10.6. The lowest BCUT2D eigenvalue weighted by molar-refractivity contribution is -0.113. The van der Waals surface area contributed by atoms with Crippen LogP contribution in [0.5, 0.6) is 5.75 Å². The van der Waals surface area contributed by atoms with Gasteiger partial charge < -0.3 is 19.9 Å². The number of methoxy groups -OCH3 is 1. The smallest absolute Gasteiger partial charge is 0.251 e. The lowest BCUT2D eigenvalue weighted by Crippen LogP contribution is -2.26. The van der Waals surface area contributed by atoms with Gasteiger partial charge in [-0.25, -0.2) is 0 Å². The van der Waals surface area contributed by atoms with Crippen LogP contribution < -0.4 is 15.4 Å². The van der Waals surface area contributed by atoms with Gasteiger partial charge in [0.25, 0.3) is 5.91 Å². The fraction of sp³-hybridized carbons (Fsp3) is 0.250. The van der Waals surface area contributed by atoms with Crippen LogP contribution in [0.4, 0.5) is 5.69 Å². The molecule has 3 aromatic rings. The van der Waals surface area contributed by atoms with Gasteiger partial charge >= 0.3 is 0 Å². The molecule has 0 aliphatic rings. The summed E-state index contributed by atoms with van der Waals surface area (Å²) in [5.74, 6) is 1.20. The molecule has 3 rings (SSSR count). The van der Waals surface area contributed by atoms with Gasteiger partial charge in [0.05, 0.1) is 12.9 Å². The van der Waals surface area contributed by atoms with Crippen LogP contribution in [0, 0.1) is 6.92 Å². The van der Waals surface area contributed by atoms with Crippen molar-refractivity contribution in [2.75, 3.05) is 24.7 Å². The molecule has 0 aliphatic carbocycles. The summed E-state index contributed by atoms with van der Waals surface area (Å²) in [4.78, 5) is 24.8. The van der Waals surface area contributed by atoms with Gasteiger partial charge in [-0.05, 0) is 48.9 Å². The first-order valence-corrected chi connectivity index (χ1v) is 11.9. The molecule has 2 aromatic carbocycles. The SMILES string of the molecule is C=CCn1c(CCNC(=O)c2ccc(OC)cc2)nnc1SCC(=O)Nc1cc(Cl)ccc1C. The maximum atomic E-state index is 12.4. The highest BCUT2D eigenvalue weighted by Gasteiger charge is 2.15. The van der Waals surface area contributed by atoms with Crippen molar-refractivity contribution in [3.63, 3.8) is 0 Å². The van der Waals surface area contributed by atoms with E-state index < -0.39 is 0 Å². The summed E-state index contributed by atoms with van der Waals surface area (Å²) in [5.41, 5.74) is 2.15. The fourth-order valence-electron chi connectivity index (χ4n) is 3.10. The number of aromatic nitrogens is 3. The van der Waals surface area contributed by atoms with Crippen LogP contribution in [0.3, 0.4) is 0 Å². The topological polar surface area (TPSA) is 98.1 Å². The first-order chi connectivity index (χ1) is 16.4. The van der Waals surface area contributed by atoms with Crippen LogP contribution in [0.15, 0.2) is 60.3 Å². The van der Waals surface area contributed by atoms with Crippen LogP contribution in [0.1, 0.15) is 21.7 Å². The van der Waals surface area contributed by atoms with Crippen LogP contribution in [0.2, 0.25) is 5.02 Å². The Morgan fingerprint density at radius 2 is 1.97 bits per heavy atom. The van der Waals surface area contributed by atoms with Gasteiger partial charge in [-0.15, -0.1) is 16.8 Å². The second kappa shape index (κ2) is 12.2. The van der Waals surface area contributed by atoms with Gasteiger partial charge in [0.2, 0.25) is 5.91 Å². The number of benzene rings is 2. The summed E-state index contributed by atoms with van der Waals surface area (Å²) >= 11 is 7.30. The predicted octanol–water partition coefficient (Wildman–Crippen LogP) is 4.14. The van der Waals surface area contributed by atoms with Crippen molar-refractivity contribution in [2.45, 2.75) is 25.0 Å². The largest absolute Gasteiger partial charge is 0.497 e. The van der Waals surface area contributed by atoms with E-state index in [4.69, 9.17) is 16.3 Å². The number of nitrogens with one attached hydrogen (secondary N) is 2. The van der Waals surface area contributed by atoms with Crippen molar-refractivity contribution in [1.82, 2.24) is 20.1 Å². The number of amides is 2. The molecule has 0 atom stereocenters. The Morgan fingerprint density at radius 1 is 1.21 bits per heavy atom. The molecule has 1 aromatic heterocycles. The summed E-state index contributed by atoms with van der Waals surface area (Å²) < 4.78 is 6.99. The van der Waals surface area contributed by atoms with Crippen molar-refractivity contribution < 1.29 is 14.3 Å². The molecule has 0 spiro atoms. The quantitative estimate of drug-likeness (QED) is 0.304. The second-order valence-electron chi connectivity index (χ2n) is 7.33. The number of rotatable bonds is 11. The zero-order valence-electron chi connectivity index (χ0n) is 19.0. The van der Waals surface area contributed by atoms with E-state index >= 15 is 0 Å². The van der Waals surface area contributed by atoms with Crippen molar-refractivity contribution in [2.24, 2.45) is 0 Å². The number of anilines is 1. The molecule has 178 valence electrons. The Morgan fingerprint density at radius 3 is 2.68 bits per heavy atom. The molecule has 2 amide bonds. The molecule has 34 heavy (non-hydrogen) atoms. The predicted molar refractivity (Wildman–Crippen MR) is 135 cm³/mol. The summed E-state index contributed by atoms with van der Waals surface area (Å²) in [6, 6.07) is 12.2. The number of carbonyl (C=O) groups is 2. The Kier molecular flexibility index (Phi) is 9.12. The molecule has 1 heterocycles. The number of halogens is 1. The molecular weight excluding hydrogens is 474 g/mol. The molecule has 0 saturated heterocycles. The van der Waals surface area contributed by atoms with E-state index in [2.05, 4.69) is 27.4 Å². The Balaban J connectivity index is 1.55.